The molecule has 3 heteroatoms. The molecule has 0 radical (unpaired) electrons. The van der Waals surface area contributed by atoms with E-state index in [2.05, 4.69) is 48.2 Å². The van der Waals surface area contributed by atoms with Crippen molar-refractivity contribution >= 4 is 0 Å². The quantitative estimate of drug-likeness (QED) is 0.888. The lowest BCUT2D eigenvalue weighted by Gasteiger charge is -2.45. The van der Waals surface area contributed by atoms with Gasteiger partial charge in [-0.2, -0.15) is 0 Å². The minimum Gasteiger partial charge on any atom is -0.331 e. The Balaban J connectivity index is 1.76. The van der Waals surface area contributed by atoms with Crippen molar-refractivity contribution in [1.82, 2.24) is 14.9 Å². The zero-order valence-corrected chi connectivity index (χ0v) is 14.0. The van der Waals surface area contributed by atoms with Gasteiger partial charge in [0.05, 0.1) is 6.33 Å². The minimum atomic E-state index is 0.327. The average Bonchev–Trinajstić information content (AvgIpc) is 2.85. The van der Waals surface area contributed by atoms with E-state index in [0.29, 0.717) is 17.0 Å². The Morgan fingerprint density at radius 2 is 2.05 bits per heavy atom. The minimum absolute atomic E-state index is 0.327. The molecule has 1 aromatic heterocycles. The summed E-state index contributed by atoms with van der Waals surface area (Å²) in [5, 5.41) is 3.86. The SMILES string of the molecule is CC(C)(C)Cc1cncn1C1CCNC2(CCCCC2)C1. The number of hydrogen-bond donors (Lipinski definition) is 1. The molecule has 0 amide bonds. The Bertz CT molecular complexity index is 458. The average molecular weight is 289 g/mol. The second-order valence-corrected chi connectivity index (χ2v) is 8.44. The Hall–Kier alpha value is -0.830. The third-order valence-electron chi connectivity index (χ3n) is 5.27. The van der Waals surface area contributed by atoms with Gasteiger partial charge in [-0.15, -0.1) is 0 Å². The van der Waals surface area contributed by atoms with Crippen LogP contribution in [-0.2, 0) is 6.42 Å². The first kappa shape index (κ1) is 15.1. The molecular formula is C18H31N3. The van der Waals surface area contributed by atoms with Crippen LogP contribution in [0.5, 0.6) is 0 Å². The molecule has 118 valence electrons. The van der Waals surface area contributed by atoms with Crippen molar-refractivity contribution in [3.05, 3.63) is 18.2 Å². The van der Waals surface area contributed by atoms with Crippen LogP contribution < -0.4 is 5.32 Å². The lowest BCUT2D eigenvalue weighted by molar-refractivity contribution is 0.144. The Labute approximate surface area is 129 Å². The molecule has 0 aromatic carbocycles. The number of nitrogens with zero attached hydrogens (tertiary/aromatic N) is 2. The predicted molar refractivity (Wildman–Crippen MR) is 87.5 cm³/mol. The first-order valence-electron chi connectivity index (χ1n) is 8.73. The fourth-order valence-electron chi connectivity index (χ4n) is 4.32. The van der Waals surface area contributed by atoms with Gasteiger partial charge in [-0.25, -0.2) is 4.98 Å². The van der Waals surface area contributed by atoms with Crippen LogP contribution in [0, 0.1) is 5.41 Å². The molecule has 3 rings (SSSR count). The monoisotopic (exact) mass is 289 g/mol. The first-order valence-corrected chi connectivity index (χ1v) is 8.73. The third-order valence-corrected chi connectivity index (χ3v) is 5.27. The summed E-state index contributed by atoms with van der Waals surface area (Å²) in [7, 11) is 0. The van der Waals surface area contributed by atoms with Crippen LogP contribution in [0.3, 0.4) is 0 Å². The summed E-state index contributed by atoms with van der Waals surface area (Å²) in [5.41, 5.74) is 2.16. The maximum Gasteiger partial charge on any atom is 0.0950 e. The first-order chi connectivity index (χ1) is 9.98. The molecule has 21 heavy (non-hydrogen) atoms. The van der Waals surface area contributed by atoms with Gasteiger partial charge >= 0.3 is 0 Å². The normalized spacial score (nSPS) is 26.1. The second kappa shape index (κ2) is 5.75. The topological polar surface area (TPSA) is 29.9 Å². The molecule has 1 spiro atoms. The highest BCUT2D eigenvalue weighted by molar-refractivity contribution is 5.06. The largest absolute Gasteiger partial charge is 0.331 e. The van der Waals surface area contributed by atoms with Crippen molar-refractivity contribution in [3.63, 3.8) is 0 Å². The summed E-state index contributed by atoms with van der Waals surface area (Å²) < 4.78 is 2.49. The number of aromatic nitrogens is 2. The molecule has 3 nitrogen and oxygen atoms in total. The van der Waals surface area contributed by atoms with Crippen molar-refractivity contribution in [1.29, 1.82) is 0 Å². The van der Waals surface area contributed by atoms with Crippen LogP contribution in [-0.4, -0.2) is 21.6 Å². The molecule has 1 aliphatic carbocycles. The summed E-state index contributed by atoms with van der Waals surface area (Å²) in [6, 6.07) is 0.643. The van der Waals surface area contributed by atoms with Crippen molar-refractivity contribution in [2.45, 2.75) is 83.7 Å². The van der Waals surface area contributed by atoms with Crippen molar-refractivity contribution in [2.24, 2.45) is 5.41 Å². The van der Waals surface area contributed by atoms with E-state index in [4.69, 9.17) is 0 Å². The van der Waals surface area contributed by atoms with E-state index < -0.39 is 0 Å². The van der Waals surface area contributed by atoms with Gasteiger partial charge in [0.15, 0.2) is 0 Å². The van der Waals surface area contributed by atoms with E-state index in [-0.39, 0.29) is 0 Å². The molecular weight excluding hydrogens is 258 g/mol. The van der Waals surface area contributed by atoms with Gasteiger partial charge in [0.1, 0.15) is 0 Å². The molecule has 1 atom stereocenters. The van der Waals surface area contributed by atoms with E-state index in [1.54, 1.807) is 0 Å². The van der Waals surface area contributed by atoms with Crippen LogP contribution in [0.4, 0.5) is 0 Å². The van der Waals surface area contributed by atoms with E-state index in [1.165, 1.54) is 50.6 Å². The number of piperidine rings is 1. The van der Waals surface area contributed by atoms with E-state index in [1.807, 2.05) is 0 Å². The predicted octanol–water partition coefficient (Wildman–Crippen LogP) is 4.10. The Morgan fingerprint density at radius 1 is 1.29 bits per heavy atom. The maximum absolute atomic E-state index is 4.46. The Kier molecular flexibility index (Phi) is 4.13. The maximum atomic E-state index is 4.46. The molecule has 0 bridgehead atoms. The lowest BCUT2D eigenvalue weighted by atomic mass is 9.74. The number of rotatable bonds is 2. The van der Waals surface area contributed by atoms with E-state index >= 15 is 0 Å². The molecule has 2 aliphatic rings. The van der Waals surface area contributed by atoms with Gasteiger partial charge in [-0.05, 0) is 44.1 Å². The number of nitrogens with one attached hydrogen (secondary N) is 1. The standard InChI is InChI=1S/C18H31N3/c1-17(2,3)11-16-13-19-14-21(16)15-7-10-20-18(12-15)8-5-4-6-9-18/h13-15,20H,4-12H2,1-3H3. The zero-order chi connectivity index (χ0) is 14.9. The highest BCUT2D eigenvalue weighted by atomic mass is 15.1. The lowest BCUT2D eigenvalue weighted by Crippen LogP contribution is -2.52. The smallest absolute Gasteiger partial charge is 0.0950 e. The van der Waals surface area contributed by atoms with Gasteiger partial charge in [0.2, 0.25) is 0 Å². The van der Waals surface area contributed by atoms with Crippen LogP contribution in [0.15, 0.2) is 12.5 Å². The number of hydrogen-bond acceptors (Lipinski definition) is 2. The van der Waals surface area contributed by atoms with Crippen LogP contribution in [0.1, 0.15) is 77.5 Å². The molecule has 1 unspecified atom stereocenters. The number of imidazole rings is 1. The third kappa shape index (κ3) is 3.50. The molecule has 1 N–H and O–H groups in total. The van der Waals surface area contributed by atoms with Gasteiger partial charge in [-0.1, -0.05) is 40.0 Å². The van der Waals surface area contributed by atoms with Gasteiger partial charge in [-0.3, -0.25) is 0 Å². The molecule has 1 aliphatic heterocycles. The van der Waals surface area contributed by atoms with Gasteiger partial charge < -0.3 is 9.88 Å². The molecule has 1 aromatic rings. The van der Waals surface area contributed by atoms with Gasteiger partial charge in [0, 0.05) is 23.5 Å². The zero-order valence-electron chi connectivity index (χ0n) is 14.0. The molecule has 1 saturated heterocycles. The summed E-state index contributed by atoms with van der Waals surface area (Å²) in [6.07, 6.45) is 14.8. The van der Waals surface area contributed by atoms with Crippen molar-refractivity contribution in [2.75, 3.05) is 6.54 Å². The van der Waals surface area contributed by atoms with Crippen molar-refractivity contribution < 1.29 is 0 Å². The van der Waals surface area contributed by atoms with Crippen LogP contribution in [0.25, 0.3) is 0 Å². The summed E-state index contributed by atoms with van der Waals surface area (Å²) in [6.45, 7) is 8.11. The fraction of sp³-hybridized carbons (Fsp3) is 0.833. The van der Waals surface area contributed by atoms with Gasteiger partial charge in [0.25, 0.3) is 0 Å². The summed E-state index contributed by atoms with van der Waals surface area (Å²) in [4.78, 5) is 4.46. The van der Waals surface area contributed by atoms with Crippen LogP contribution in [0.2, 0.25) is 0 Å². The fourth-order valence-corrected chi connectivity index (χ4v) is 4.32. The highest BCUT2D eigenvalue weighted by Crippen LogP contribution is 2.39. The van der Waals surface area contributed by atoms with Crippen molar-refractivity contribution in [3.8, 4) is 0 Å². The van der Waals surface area contributed by atoms with E-state index in [9.17, 15) is 0 Å². The Morgan fingerprint density at radius 3 is 2.76 bits per heavy atom. The summed E-state index contributed by atoms with van der Waals surface area (Å²) in [5.74, 6) is 0. The second-order valence-electron chi connectivity index (χ2n) is 8.44. The van der Waals surface area contributed by atoms with E-state index in [0.717, 1.165) is 13.0 Å². The molecule has 2 heterocycles. The summed E-state index contributed by atoms with van der Waals surface area (Å²) >= 11 is 0. The van der Waals surface area contributed by atoms with Crippen LogP contribution >= 0.6 is 0 Å². The molecule has 1 saturated carbocycles. The molecule has 2 fully saturated rings. The highest BCUT2D eigenvalue weighted by Gasteiger charge is 2.37.